The Labute approximate surface area is 222 Å². The van der Waals surface area contributed by atoms with Crippen LogP contribution >= 0.6 is 0 Å². The maximum Gasteiger partial charge on any atom is 0.416 e. The molecule has 0 amide bonds. The quantitative estimate of drug-likeness (QED) is 0.575. The van der Waals surface area contributed by atoms with Gasteiger partial charge in [-0.2, -0.15) is 22.5 Å². The smallest absolute Gasteiger partial charge is 0.356 e. The molecule has 0 saturated carbocycles. The molecule has 0 radical (unpaired) electrons. The van der Waals surface area contributed by atoms with Crippen molar-refractivity contribution in [1.82, 2.24) is 19.2 Å². The Hall–Kier alpha value is -2.44. The van der Waals surface area contributed by atoms with Gasteiger partial charge in [0.15, 0.2) is 0 Å². The van der Waals surface area contributed by atoms with Gasteiger partial charge in [0.2, 0.25) is 16.0 Å². The van der Waals surface area contributed by atoms with Crippen LogP contribution in [0, 0.1) is 0 Å². The fraction of sp³-hybridized carbons (Fsp3) is 0.615. The Morgan fingerprint density at radius 3 is 2.32 bits per heavy atom. The van der Waals surface area contributed by atoms with Crippen molar-refractivity contribution in [3.8, 4) is 0 Å². The van der Waals surface area contributed by atoms with Crippen LogP contribution < -0.4 is 10.2 Å². The molecule has 5 rings (SSSR count). The highest BCUT2D eigenvalue weighted by Gasteiger charge is 2.36. The molecule has 1 N–H and O–H groups in total. The van der Waals surface area contributed by atoms with Gasteiger partial charge in [0, 0.05) is 57.5 Å². The van der Waals surface area contributed by atoms with E-state index in [2.05, 4.69) is 20.1 Å². The van der Waals surface area contributed by atoms with Crippen LogP contribution in [0.25, 0.3) is 0 Å². The van der Waals surface area contributed by atoms with E-state index in [9.17, 15) is 21.6 Å². The topological polar surface area (TPSA) is 81.7 Å². The lowest BCUT2D eigenvalue weighted by Gasteiger charge is -2.37. The molecule has 3 saturated heterocycles. The van der Waals surface area contributed by atoms with Crippen LogP contribution in [-0.4, -0.2) is 78.9 Å². The third-order valence-corrected chi connectivity index (χ3v) is 9.70. The number of halogens is 3. The number of rotatable bonds is 6. The summed E-state index contributed by atoms with van der Waals surface area (Å²) in [5, 5.41) is 3.48. The van der Waals surface area contributed by atoms with Gasteiger partial charge in [0.1, 0.15) is 5.82 Å². The van der Waals surface area contributed by atoms with Crippen molar-refractivity contribution in [1.29, 1.82) is 0 Å². The molecular formula is C26H35F3N6O2S. The minimum absolute atomic E-state index is 0.0594. The van der Waals surface area contributed by atoms with Crippen LogP contribution in [-0.2, 0) is 16.2 Å². The summed E-state index contributed by atoms with van der Waals surface area (Å²) in [5.41, 5.74) is -0.857. The SMILES string of the molecule is O=S(=O)(c1ccc(C(F)(F)F)cc1)N1CCCC(N2CCC(Nc3nccc(N4CCCCCC4)n3)C2)C1. The highest BCUT2D eigenvalue weighted by molar-refractivity contribution is 7.89. The predicted octanol–water partition coefficient (Wildman–Crippen LogP) is 4.22. The molecule has 8 nitrogen and oxygen atoms in total. The molecule has 38 heavy (non-hydrogen) atoms. The van der Waals surface area contributed by atoms with Crippen molar-refractivity contribution in [3.63, 3.8) is 0 Å². The number of likely N-dealkylation sites (tertiary alicyclic amines) is 1. The first-order valence-electron chi connectivity index (χ1n) is 13.5. The van der Waals surface area contributed by atoms with Crippen LogP contribution in [0.1, 0.15) is 50.5 Å². The monoisotopic (exact) mass is 552 g/mol. The molecule has 0 spiro atoms. The number of benzene rings is 1. The summed E-state index contributed by atoms with van der Waals surface area (Å²) in [5.74, 6) is 1.57. The number of sulfonamides is 1. The van der Waals surface area contributed by atoms with Gasteiger partial charge in [-0.05, 0) is 62.4 Å². The van der Waals surface area contributed by atoms with Gasteiger partial charge in [-0.25, -0.2) is 13.4 Å². The van der Waals surface area contributed by atoms with Gasteiger partial charge in [0.05, 0.1) is 10.5 Å². The lowest BCUT2D eigenvalue weighted by molar-refractivity contribution is -0.137. The zero-order chi connectivity index (χ0) is 26.8. The molecular weight excluding hydrogens is 517 g/mol. The average molecular weight is 553 g/mol. The first-order chi connectivity index (χ1) is 18.2. The van der Waals surface area contributed by atoms with Crippen molar-refractivity contribution in [2.75, 3.05) is 49.5 Å². The molecule has 3 aliphatic rings. The summed E-state index contributed by atoms with van der Waals surface area (Å²) in [6.07, 6.45) is 4.66. The third-order valence-electron chi connectivity index (χ3n) is 7.82. The number of hydrogen-bond donors (Lipinski definition) is 1. The van der Waals surface area contributed by atoms with Crippen molar-refractivity contribution < 1.29 is 21.6 Å². The van der Waals surface area contributed by atoms with Crippen LogP contribution in [0.2, 0.25) is 0 Å². The van der Waals surface area contributed by atoms with Crippen LogP contribution in [0.15, 0.2) is 41.4 Å². The molecule has 2 atom stereocenters. The lowest BCUT2D eigenvalue weighted by Crippen LogP contribution is -2.49. The van der Waals surface area contributed by atoms with E-state index in [1.54, 1.807) is 6.20 Å². The van der Waals surface area contributed by atoms with Crippen molar-refractivity contribution >= 4 is 21.8 Å². The van der Waals surface area contributed by atoms with E-state index in [0.717, 1.165) is 69.1 Å². The molecule has 3 fully saturated rings. The largest absolute Gasteiger partial charge is 0.416 e. The second-order valence-electron chi connectivity index (χ2n) is 10.4. The van der Waals surface area contributed by atoms with Crippen molar-refractivity contribution in [2.45, 2.75) is 68.1 Å². The van der Waals surface area contributed by atoms with E-state index in [0.29, 0.717) is 25.5 Å². The number of nitrogens with one attached hydrogen (secondary N) is 1. The summed E-state index contributed by atoms with van der Waals surface area (Å²) in [7, 11) is -3.87. The summed E-state index contributed by atoms with van der Waals surface area (Å²) in [6.45, 7) is 4.32. The molecule has 1 aromatic heterocycles. The molecule has 1 aromatic carbocycles. The van der Waals surface area contributed by atoms with E-state index in [-0.39, 0.29) is 17.0 Å². The first-order valence-corrected chi connectivity index (χ1v) is 14.9. The summed E-state index contributed by atoms with van der Waals surface area (Å²) < 4.78 is 66.5. The minimum Gasteiger partial charge on any atom is -0.356 e. The molecule has 0 bridgehead atoms. The number of aromatic nitrogens is 2. The normalized spacial score (nSPS) is 24.3. The van der Waals surface area contributed by atoms with Gasteiger partial charge in [0.25, 0.3) is 0 Å². The zero-order valence-electron chi connectivity index (χ0n) is 21.4. The van der Waals surface area contributed by atoms with E-state index >= 15 is 0 Å². The van der Waals surface area contributed by atoms with Gasteiger partial charge in [-0.15, -0.1) is 0 Å². The summed E-state index contributed by atoms with van der Waals surface area (Å²) in [6, 6.07) is 5.95. The van der Waals surface area contributed by atoms with E-state index in [4.69, 9.17) is 4.98 Å². The maximum atomic E-state index is 13.2. The Bertz CT molecular complexity index is 1190. The zero-order valence-corrected chi connectivity index (χ0v) is 22.2. The average Bonchev–Trinajstić information content (AvgIpc) is 3.20. The summed E-state index contributed by atoms with van der Waals surface area (Å²) >= 11 is 0. The Balaban J connectivity index is 1.19. The number of hydrogen-bond acceptors (Lipinski definition) is 7. The molecule has 2 unspecified atom stereocenters. The second kappa shape index (κ2) is 11.4. The number of alkyl halides is 3. The number of nitrogens with zero attached hydrogens (tertiary/aromatic N) is 5. The van der Waals surface area contributed by atoms with Crippen LogP contribution in [0.5, 0.6) is 0 Å². The first kappa shape index (κ1) is 27.1. The van der Waals surface area contributed by atoms with Gasteiger partial charge in [-0.3, -0.25) is 4.90 Å². The van der Waals surface area contributed by atoms with E-state index in [1.165, 1.54) is 30.0 Å². The number of piperidine rings is 1. The molecule has 3 aliphatic heterocycles. The molecule has 208 valence electrons. The molecule has 4 heterocycles. The van der Waals surface area contributed by atoms with Crippen molar-refractivity contribution in [2.24, 2.45) is 0 Å². The Morgan fingerprint density at radius 2 is 1.61 bits per heavy atom. The van der Waals surface area contributed by atoms with E-state index in [1.807, 2.05) is 6.07 Å². The standard InChI is InChI=1S/C26H35F3N6O2S/c27-26(28,29)20-7-9-23(10-8-20)38(36,37)35-16-5-6-22(19-35)34-17-12-21(18-34)31-25-30-13-11-24(32-25)33-14-3-1-2-4-15-33/h7-11,13,21-22H,1-6,12,14-19H2,(H,30,31,32). The third kappa shape index (κ3) is 6.23. The fourth-order valence-electron chi connectivity index (χ4n) is 5.72. The number of anilines is 2. The van der Waals surface area contributed by atoms with Gasteiger partial charge >= 0.3 is 6.18 Å². The lowest BCUT2D eigenvalue weighted by atomic mass is 10.1. The van der Waals surface area contributed by atoms with Crippen LogP contribution in [0.4, 0.5) is 24.9 Å². The fourth-order valence-corrected chi connectivity index (χ4v) is 7.23. The second-order valence-corrected chi connectivity index (χ2v) is 12.4. The molecule has 2 aromatic rings. The van der Waals surface area contributed by atoms with Crippen LogP contribution in [0.3, 0.4) is 0 Å². The van der Waals surface area contributed by atoms with Crippen molar-refractivity contribution in [3.05, 3.63) is 42.1 Å². The molecule has 12 heteroatoms. The molecule has 0 aliphatic carbocycles. The Kier molecular flexibility index (Phi) is 8.11. The van der Waals surface area contributed by atoms with E-state index < -0.39 is 21.8 Å². The van der Waals surface area contributed by atoms with Gasteiger partial charge < -0.3 is 10.2 Å². The maximum absolute atomic E-state index is 13.2. The minimum atomic E-state index is -4.50. The summed E-state index contributed by atoms with van der Waals surface area (Å²) in [4.78, 5) is 13.7. The highest BCUT2D eigenvalue weighted by Crippen LogP contribution is 2.31. The predicted molar refractivity (Wildman–Crippen MR) is 140 cm³/mol. The Morgan fingerprint density at radius 1 is 0.868 bits per heavy atom. The highest BCUT2D eigenvalue weighted by atomic mass is 32.2. The van der Waals surface area contributed by atoms with Gasteiger partial charge in [-0.1, -0.05) is 12.8 Å².